The molecule has 1 nitrogen and oxygen atoms in total. The molecule has 0 aliphatic carbocycles. The lowest BCUT2D eigenvalue weighted by Gasteiger charge is -1.93. The van der Waals surface area contributed by atoms with Crippen LogP contribution in [0.1, 0.15) is 12.0 Å². The molecule has 0 spiro atoms. The van der Waals surface area contributed by atoms with Gasteiger partial charge in [0.2, 0.25) is 0 Å². The second kappa shape index (κ2) is 3.68. The number of aromatic nitrogens is 1. The summed E-state index contributed by atoms with van der Waals surface area (Å²) in [5.41, 5.74) is 1.26. The zero-order valence-corrected chi connectivity index (χ0v) is 5.75. The average Bonchev–Trinajstić information content (AvgIpc) is 2.03. The van der Waals surface area contributed by atoms with Gasteiger partial charge in [-0.2, -0.15) is 0 Å². The minimum absolute atomic E-state index is 0.810. The van der Waals surface area contributed by atoms with Crippen LogP contribution >= 0.6 is 0 Å². The highest BCUT2D eigenvalue weighted by Gasteiger charge is 1.86. The average molecular weight is 131 g/mol. The molecule has 0 aromatic carbocycles. The number of aryl methyl sites for hydroxylation is 1. The van der Waals surface area contributed by atoms with Crippen molar-refractivity contribution >= 4 is 0 Å². The Morgan fingerprint density at radius 2 is 2.10 bits per heavy atom. The highest BCUT2D eigenvalue weighted by molar-refractivity contribution is 5.11. The van der Waals surface area contributed by atoms with Crippen molar-refractivity contribution in [1.82, 2.24) is 4.98 Å². The third kappa shape index (κ3) is 1.91. The summed E-state index contributed by atoms with van der Waals surface area (Å²) in [6.07, 6.45) is 10.4. The standard InChI is InChI=1S/C9H9N/c1-2-3-4-9-5-7-10-8-6-9/h1,5-8H,3-4H2. The van der Waals surface area contributed by atoms with Crippen LogP contribution in [-0.4, -0.2) is 4.98 Å². The van der Waals surface area contributed by atoms with Gasteiger partial charge >= 0.3 is 0 Å². The van der Waals surface area contributed by atoms with E-state index in [1.54, 1.807) is 12.4 Å². The van der Waals surface area contributed by atoms with E-state index < -0.39 is 0 Å². The molecule has 0 aliphatic heterocycles. The molecule has 0 atom stereocenters. The van der Waals surface area contributed by atoms with Crippen LogP contribution in [0, 0.1) is 12.3 Å². The predicted octanol–water partition coefficient (Wildman–Crippen LogP) is 1.65. The maximum absolute atomic E-state index is 5.11. The Labute approximate surface area is 61.1 Å². The van der Waals surface area contributed by atoms with Gasteiger partial charge in [0.15, 0.2) is 0 Å². The van der Waals surface area contributed by atoms with Crippen LogP contribution in [0.2, 0.25) is 0 Å². The van der Waals surface area contributed by atoms with Crippen molar-refractivity contribution in [2.24, 2.45) is 0 Å². The van der Waals surface area contributed by atoms with Crippen molar-refractivity contribution in [1.29, 1.82) is 0 Å². The smallest absolute Gasteiger partial charge is 0.0270 e. The summed E-state index contributed by atoms with van der Waals surface area (Å²) in [6, 6.07) is 3.97. The number of pyridine rings is 1. The molecule has 0 saturated carbocycles. The minimum atomic E-state index is 0.810. The van der Waals surface area contributed by atoms with E-state index in [0.29, 0.717) is 0 Å². The summed E-state index contributed by atoms with van der Waals surface area (Å²) in [5.74, 6) is 2.60. The SMILES string of the molecule is C#CCCc1ccncc1. The highest BCUT2D eigenvalue weighted by atomic mass is 14.6. The van der Waals surface area contributed by atoms with Gasteiger partial charge in [-0.3, -0.25) is 4.98 Å². The van der Waals surface area contributed by atoms with Gasteiger partial charge < -0.3 is 0 Å². The molecule has 50 valence electrons. The molecule has 1 heterocycles. The first-order chi connectivity index (χ1) is 4.93. The first-order valence-corrected chi connectivity index (χ1v) is 3.26. The Kier molecular flexibility index (Phi) is 2.51. The fraction of sp³-hybridized carbons (Fsp3) is 0.222. The summed E-state index contributed by atoms with van der Waals surface area (Å²) in [5, 5.41) is 0. The highest BCUT2D eigenvalue weighted by Crippen LogP contribution is 1.98. The lowest BCUT2D eigenvalue weighted by atomic mass is 10.1. The third-order valence-corrected chi connectivity index (χ3v) is 1.31. The summed E-state index contributed by atoms with van der Waals surface area (Å²) in [6.45, 7) is 0. The minimum Gasteiger partial charge on any atom is -0.265 e. The molecule has 0 amide bonds. The number of terminal acetylenes is 1. The summed E-state index contributed by atoms with van der Waals surface area (Å²) in [7, 11) is 0. The second-order valence-corrected chi connectivity index (χ2v) is 2.06. The van der Waals surface area contributed by atoms with Crippen LogP contribution < -0.4 is 0 Å². The first kappa shape index (κ1) is 6.82. The molecule has 0 fully saturated rings. The molecular weight excluding hydrogens is 122 g/mol. The Balaban J connectivity index is 2.52. The molecule has 10 heavy (non-hydrogen) atoms. The molecule has 0 aliphatic rings. The van der Waals surface area contributed by atoms with Crippen LogP contribution in [0.25, 0.3) is 0 Å². The second-order valence-electron chi connectivity index (χ2n) is 2.06. The van der Waals surface area contributed by atoms with Crippen LogP contribution in [0.15, 0.2) is 24.5 Å². The van der Waals surface area contributed by atoms with E-state index in [-0.39, 0.29) is 0 Å². The van der Waals surface area contributed by atoms with Gasteiger partial charge in [0.1, 0.15) is 0 Å². The topological polar surface area (TPSA) is 12.9 Å². The molecule has 0 unspecified atom stereocenters. The lowest BCUT2D eigenvalue weighted by molar-refractivity contribution is 1.02. The van der Waals surface area contributed by atoms with Crippen molar-refractivity contribution in [3.8, 4) is 12.3 Å². The zero-order valence-electron chi connectivity index (χ0n) is 5.75. The Morgan fingerprint density at radius 3 is 2.70 bits per heavy atom. The van der Waals surface area contributed by atoms with Gasteiger partial charge in [-0.15, -0.1) is 12.3 Å². The monoisotopic (exact) mass is 131 g/mol. The van der Waals surface area contributed by atoms with Gasteiger partial charge in [0.25, 0.3) is 0 Å². The van der Waals surface area contributed by atoms with E-state index in [0.717, 1.165) is 12.8 Å². The largest absolute Gasteiger partial charge is 0.265 e. The number of nitrogens with zero attached hydrogens (tertiary/aromatic N) is 1. The fourth-order valence-electron chi connectivity index (χ4n) is 0.766. The van der Waals surface area contributed by atoms with Crippen LogP contribution in [0.5, 0.6) is 0 Å². The Bertz CT molecular complexity index is 220. The van der Waals surface area contributed by atoms with E-state index in [4.69, 9.17) is 6.42 Å². The van der Waals surface area contributed by atoms with Gasteiger partial charge in [0.05, 0.1) is 0 Å². The van der Waals surface area contributed by atoms with Crippen LogP contribution in [0.4, 0.5) is 0 Å². The van der Waals surface area contributed by atoms with E-state index in [1.807, 2.05) is 12.1 Å². The quantitative estimate of drug-likeness (QED) is 0.556. The normalized spacial score (nSPS) is 8.70. The number of rotatable bonds is 2. The van der Waals surface area contributed by atoms with Crippen molar-refractivity contribution in [3.63, 3.8) is 0 Å². The molecule has 0 radical (unpaired) electrons. The van der Waals surface area contributed by atoms with Crippen molar-refractivity contribution in [3.05, 3.63) is 30.1 Å². The maximum atomic E-state index is 5.11. The molecule has 0 N–H and O–H groups in total. The van der Waals surface area contributed by atoms with Crippen LogP contribution in [-0.2, 0) is 6.42 Å². The number of hydrogen-bond donors (Lipinski definition) is 0. The molecule has 1 heteroatoms. The molecule has 1 aromatic rings. The summed E-state index contributed by atoms with van der Waals surface area (Å²) < 4.78 is 0. The first-order valence-electron chi connectivity index (χ1n) is 3.26. The van der Waals surface area contributed by atoms with Crippen LogP contribution in [0.3, 0.4) is 0 Å². The van der Waals surface area contributed by atoms with Crippen molar-refractivity contribution in [2.45, 2.75) is 12.8 Å². The summed E-state index contributed by atoms with van der Waals surface area (Å²) in [4.78, 5) is 3.90. The van der Waals surface area contributed by atoms with E-state index >= 15 is 0 Å². The molecule has 0 bridgehead atoms. The lowest BCUT2D eigenvalue weighted by Crippen LogP contribution is -1.82. The molecule has 0 saturated heterocycles. The predicted molar refractivity (Wildman–Crippen MR) is 41.4 cm³/mol. The van der Waals surface area contributed by atoms with Crippen molar-refractivity contribution < 1.29 is 0 Å². The van der Waals surface area contributed by atoms with Gasteiger partial charge in [-0.1, -0.05) is 0 Å². The van der Waals surface area contributed by atoms with Gasteiger partial charge in [-0.05, 0) is 24.1 Å². The fourth-order valence-corrected chi connectivity index (χ4v) is 0.766. The number of hydrogen-bond acceptors (Lipinski definition) is 1. The Morgan fingerprint density at radius 1 is 1.40 bits per heavy atom. The van der Waals surface area contributed by atoms with Gasteiger partial charge in [0, 0.05) is 18.8 Å². The van der Waals surface area contributed by atoms with Gasteiger partial charge in [-0.25, -0.2) is 0 Å². The van der Waals surface area contributed by atoms with E-state index in [1.165, 1.54) is 5.56 Å². The molecule has 1 aromatic heterocycles. The zero-order chi connectivity index (χ0) is 7.23. The van der Waals surface area contributed by atoms with E-state index in [9.17, 15) is 0 Å². The summed E-state index contributed by atoms with van der Waals surface area (Å²) >= 11 is 0. The molecular formula is C9H9N. The molecule has 1 rings (SSSR count). The maximum Gasteiger partial charge on any atom is 0.0270 e. The van der Waals surface area contributed by atoms with Crippen molar-refractivity contribution in [2.75, 3.05) is 0 Å². The Hall–Kier alpha value is -1.29. The third-order valence-electron chi connectivity index (χ3n) is 1.31. The van der Waals surface area contributed by atoms with E-state index in [2.05, 4.69) is 10.9 Å².